The summed E-state index contributed by atoms with van der Waals surface area (Å²) in [5, 5.41) is 1.09. The van der Waals surface area contributed by atoms with Gasteiger partial charge in [0.25, 0.3) is 0 Å². The van der Waals surface area contributed by atoms with Crippen LogP contribution in [0.3, 0.4) is 0 Å². The molecule has 0 radical (unpaired) electrons. The fraction of sp³-hybridized carbons (Fsp3) is 0.538. The molecule has 1 atom stereocenters. The molecule has 0 heterocycles. The molecule has 0 aliphatic heterocycles. The van der Waals surface area contributed by atoms with Crippen LogP contribution in [-0.2, 0) is 12.8 Å². The molecule has 1 rings (SSSR count). The Morgan fingerprint density at radius 1 is 1.14 bits per heavy atom. The van der Waals surface area contributed by atoms with E-state index in [9.17, 15) is 0 Å². The number of hydrogen-bond donors (Lipinski definition) is 0. The average Bonchev–Trinajstić information content (AvgIpc) is 2.21. The van der Waals surface area contributed by atoms with Crippen molar-refractivity contribution in [1.82, 2.24) is 0 Å². The summed E-state index contributed by atoms with van der Waals surface area (Å²) in [7, 11) is 0. The highest BCUT2D eigenvalue weighted by Crippen LogP contribution is 2.12. The summed E-state index contributed by atoms with van der Waals surface area (Å²) in [4.78, 5) is 0. The predicted molar refractivity (Wildman–Crippen MR) is 67.1 cm³/mol. The maximum absolute atomic E-state index is 3.51. The van der Waals surface area contributed by atoms with Crippen LogP contribution in [0.15, 0.2) is 24.3 Å². The number of halogens is 1. The van der Waals surface area contributed by atoms with Crippen LogP contribution >= 0.6 is 15.9 Å². The summed E-state index contributed by atoms with van der Waals surface area (Å²) in [5.74, 6) is 0.729. The zero-order valence-electron chi connectivity index (χ0n) is 9.09. The molecule has 1 aromatic carbocycles. The van der Waals surface area contributed by atoms with Gasteiger partial charge in [-0.05, 0) is 29.9 Å². The van der Waals surface area contributed by atoms with Gasteiger partial charge in [-0.2, -0.15) is 0 Å². The van der Waals surface area contributed by atoms with E-state index >= 15 is 0 Å². The van der Waals surface area contributed by atoms with Gasteiger partial charge in [-0.3, -0.25) is 0 Å². The van der Waals surface area contributed by atoms with Gasteiger partial charge < -0.3 is 0 Å². The SMILES string of the molecule is CCCc1ccc(CC(C)CBr)cc1. The van der Waals surface area contributed by atoms with Crippen LogP contribution in [0.5, 0.6) is 0 Å². The maximum atomic E-state index is 3.51. The second-order valence-corrected chi connectivity index (χ2v) is 4.68. The Hall–Kier alpha value is -0.300. The van der Waals surface area contributed by atoms with Crippen molar-refractivity contribution in [2.75, 3.05) is 5.33 Å². The first kappa shape index (κ1) is 11.8. The molecule has 0 aromatic heterocycles. The first-order chi connectivity index (χ1) is 6.76. The van der Waals surface area contributed by atoms with Crippen molar-refractivity contribution in [2.45, 2.75) is 33.1 Å². The van der Waals surface area contributed by atoms with Crippen molar-refractivity contribution >= 4 is 15.9 Å². The Morgan fingerprint density at radius 2 is 1.71 bits per heavy atom. The number of benzene rings is 1. The molecule has 0 amide bonds. The van der Waals surface area contributed by atoms with Crippen LogP contribution < -0.4 is 0 Å². The van der Waals surface area contributed by atoms with Crippen LogP contribution in [0.4, 0.5) is 0 Å². The maximum Gasteiger partial charge on any atom is 0.00602 e. The van der Waals surface area contributed by atoms with Gasteiger partial charge in [0.15, 0.2) is 0 Å². The molecule has 0 bridgehead atoms. The average molecular weight is 255 g/mol. The molecule has 0 saturated carbocycles. The normalized spacial score (nSPS) is 12.8. The Labute approximate surface area is 95.9 Å². The summed E-state index contributed by atoms with van der Waals surface area (Å²) < 4.78 is 0. The molecule has 0 N–H and O–H groups in total. The van der Waals surface area contributed by atoms with Crippen LogP contribution in [0.2, 0.25) is 0 Å². The molecule has 0 aliphatic rings. The molecule has 78 valence electrons. The van der Waals surface area contributed by atoms with E-state index in [-0.39, 0.29) is 0 Å². The Balaban J connectivity index is 2.54. The zero-order valence-corrected chi connectivity index (χ0v) is 10.7. The Bertz CT molecular complexity index is 250. The van der Waals surface area contributed by atoms with Crippen molar-refractivity contribution in [3.8, 4) is 0 Å². The van der Waals surface area contributed by atoms with Crippen molar-refractivity contribution < 1.29 is 0 Å². The van der Waals surface area contributed by atoms with Gasteiger partial charge in [0.05, 0.1) is 0 Å². The molecule has 0 spiro atoms. The second kappa shape index (κ2) is 6.23. The number of rotatable bonds is 5. The lowest BCUT2D eigenvalue weighted by Gasteiger charge is -2.08. The van der Waals surface area contributed by atoms with Crippen molar-refractivity contribution in [3.05, 3.63) is 35.4 Å². The number of hydrogen-bond acceptors (Lipinski definition) is 0. The third-order valence-corrected chi connectivity index (χ3v) is 3.51. The summed E-state index contributed by atoms with van der Waals surface area (Å²) in [5.41, 5.74) is 2.92. The van der Waals surface area contributed by atoms with Crippen LogP contribution in [-0.4, -0.2) is 5.33 Å². The van der Waals surface area contributed by atoms with Gasteiger partial charge in [0, 0.05) is 5.33 Å². The minimum atomic E-state index is 0.729. The van der Waals surface area contributed by atoms with E-state index in [0.29, 0.717) is 0 Å². The highest BCUT2D eigenvalue weighted by molar-refractivity contribution is 9.09. The van der Waals surface area contributed by atoms with Gasteiger partial charge in [-0.1, -0.05) is 60.5 Å². The van der Waals surface area contributed by atoms with Crippen molar-refractivity contribution in [1.29, 1.82) is 0 Å². The second-order valence-electron chi connectivity index (χ2n) is 4.03. The Kier molecular flexibility index (Phi) is 5.24. The van der Waals surface area contributed by atoms with Gasteiger partial charge in [-0.25, -0.2) is 0 Å². The molecule has 1 aromatic rings. The fourth-order valence-corrected chi connectivity index (χ4v) is 1.82. The Morgan fingerprint density at radius 3 is 2.21 bits per heavy atom. The lowest BCUT2D eigenvalue weighted by Crippen LogP contribution is -2.00. The van der Waals surface area contributed by atoms with E-state index in [1.54, 1.807) is 0 Å². The van der Waals surface area contributed by atoms with E-state index in [1.807, 2.05) is 0 Å². The molecule has 1 unspecified atom stereocenters. The highest BCUT2D eigenvalue weighted by atomic mass is 79.9. The van der Waals surface area contributed by atoms with Crippen molar-refractivity contribution in [3.63, 3.8) is 0 Å². The van der Waals surface area contributed by atoms with E-state index in [0.717, 1.165) is 11.2 Å². The molecular formula is C13H19Br. The third-order valence-electron chi connectivity index (χ3n) is 2.41. The van der Waals surface area contributed by atoms with E-state index < -0.39 is 0 Å². The molecule has 0 fully saturated rings. The molecule has 0 aliphatic carbocycles. The standard InChI is InChI=1S/C13H19Br/c1-3-4-12-5-7-13(8-6-12)9-11(2)10-14/h5-8,11H,3-4,9-10H2,1-2H3. The quantitative estimate of drug-likeness (QED) is 0.691. The van der Waals surface area contributed by atoms with Gasteiger partial charge in [-0.15, -0.1) is 0 Å². The molecule has 0 saturated heterocycles. The van der Waals surface area contributed by atoms with Gasteiger partial charge in [0.2, 0.25) is 0 Å². The topological polar surface area (TPSA) is 0 Å². The smallest absolute Gasteiger partial charge is 0.00602 e. The molecule has 14 heavy (non-hydrogen) atoms. The van der Waals surface area contributed by atoms with Crippen LogP contribution in [0.1, 0.15) is 31.4 Å². The third kappa shape index (κ3) is 3.83. The fourth-order valence-electron chi connectivity index (χ4n) is 1.59. The summed E-state index contributed by atoms with van der Waals surface area (Å²) in [6, 6.07) is 9.06. The minimum Gasteiger partial charge on any atom is -0.0925 e. The highest BCUT2D eigenvalue weighted by Gasteiger charge is 2.01. The number of aryl methyl sites for hydroxylation is 1. The summed E-state index contributed by atoms with van der Waals surface area (Å²) in [6.45, 7) is 4.50. The van der Waals surface area contributed by atoms with Gasteiger partial charge >= 0.3 is 0 Å². The molecule has 0 nitrogen and oxygen atoms in total. The first-order valence-electron chi connectivity index (χ1n) is 5.40. The zero-order chi connectivity index (χ0) is 10.4. The van der Waals surface area contributed by atoms with E-state index in [4.69, 9.17) is 0 Å². The molecular weight excluding hydrogens is 236 g/mol. The first-order valence-corrected chi connectivity index (χ1v) is 6.52. The largest absolute Gasteiger partial charge is 0.0925 e. The van der Waals surface area contributed by atoms with Gasteiger partial charge in [0.1, 0.15) is 0 Å². The lowest BCUT2D eigenvalue weighted by molar-refractivity contribution is 0.663. The number of alkyl halides is 1. The summed E-state index contributed by atoms with van der Waals surface area (Å²) >= 11 is 3.51. The van der Waals surface area contributed by atoms with E-state index in [2.05, 4.69) is 54.0 Å². The van der Waals surface area contributed by atoms with Crippen molar-refractivity contribution in [2.24, 2.45) is 5.92 Å². The van der Waals surface area contributed by atoms with Crippen LogP contribution in [0, 0.1) is 5.92 Å². The monoisotopic (exact) mass is 254 g/mol. The summed E-state index contributed by atoms with van der Waals surface area (Å²) in [6.07, 6.45) is 3.61. The minimum absolute atomic E-state index is 0.729. The van der Waals surface area contributed by atoms with Crippen LogP contribution in [0.25, 0.3) is 0 Å². The van der Waals surface area contributed by atoms with E-state index in [1.165, 1.54) is 30.4 Å². The lowest BCUT2D eigenvalue weighted by atomic mass is 10.0. The predicted octanol–water partition coefficient (Wildman–Crippen LogP) is 4.21. The molecule has 1 heteroatoms.